The second kappa shape index (κ2) is 7.00. The van der Waals surface area contributed by atoms with E-state index in [-0.39, 0.29) is 18.5 Å². The predicted octanol–water partition coefficient (Wildman–Crippen LogP) is 0.391. The average Bonchev–Trinajstić information content (AvgIpc) is 3.25. The number of nitrogens with zero attached hydrogens (tertiary/aromatic N) is 2. The van der Waals surface area contributed by atoms with Gasteiger partial charge in [-0.15, -0.1) is 0 Å². The summed E-state index contributed by atoms with van der Waals surface area (Å²) < 4.78 is 22.5. The molecule has 8 nitrogen and oxygen atoms in total. The molecule has 1 aromatic heterocycles. The molecular weight excluding hydrogens is 358 g/mol. The Hall–Kier alpha value is -2.52. The Kier molecular flexibility index (Phi) is 4.56. The number of carbonyl (C=O) groups is 1. The van der Waals surface area contributed by atoms with Gasteiger partial charge < -0.3 is 23.8 Å². The van der Waals surface area contributed by atoms with Crippen molar-refractivity contribution in [1.29, 1.82) is 0 Å². The number of benzene rings is 1. The molecule has 0 fully saturated rings. The number of quaternary nitrogens is 1. The van der Waals surface area contributed by atoms with Crippen molar-refractivity contribution < 1.29 is 28.6 Å². The standard InChI is InChI=1S/C17H19N3O5S/c1-19(2)3-4-20(16(21)14-9-22-5-6-23-14)17-18-11-7-12-13(25-10-24-12)8-15(11)26-17/h7-9H,3-6,10H2,1-2H3/p+1. The van der Waals surface area contributed by atoms with Crippen molar-refractivity contribution in [2.75, 3.05) is 52.1 Å². The molecule has 3 heterocycles. The first-order valence-corrected chi connectivity index (χ1v) is 9.19. The maximum absolute atomic E-state index is 12.9. The van der Waals surface area contributed by atoms with Crippen molar-refractivity contribution in [3.63, 3.8) is 0 Å². The van der Waals surface area contributed by atoms with Crippen LogP contribution >= 0.6 is 11.3 Å². The van der Waals surface area contributed by atoms with Gasteiger partial charge in [-0.1, -0.05) is 11.3 Å². The van der Waals surface area contributed by atoms with E-state index in [1.165, 1.54) is 22.5 Å². The number of aromatic nitrogens is 1. The zero-order valence-corrected chi connectivity index (χ0v) is 15.4. The fourth-order valence-electron chi connectivity index (χ4n) is 2.65. The molecular formula is C17H20N3O5S+. The van der Waals surface area contributed by atoms with Crippen molar-refractivity contribution in [1.82, 2.24) is 4.98 Å². The molecule has 138 valence electrons. The summed E-state index contributed by atoms with van der Waals surface area (Å²) in [5.41, 5.74) is 0.777. The van der Waals surface area contributed by atoms with Gasteiger partial charge in [0.05, 0.1) is 37.4 Å². The quantitative estimate of drug-likeness (QED) is 0.812. The maximum Gasteiger partial charge on any atom is 0.298 e. The minimum Gasteiger partial charge on any atom is -0.494 e. The lowest BCUT2D eigenvalue weighted by Crippen LogP contribution is -3.06. The molecule has 0 unspecified atom stereocenters. The first kappa shape index (κ1) is 16.9. The van der Waals surface area contributed by atoms with Crippen LogP contribution in [0.4, 0.5) is 5.13 Å². The average molecular weight is 378 g/mol. The van der Waals surface area contributed by atoms with Gasteiger partial charge in [0.1, 0.15) is 19.5 Å². The zero-order chi connectivity index (χ0) is 18.1. The number of thiazole rings is 1. The van der Waals surface area contributed by atoms with E-state index in [1.807, 2.05) is 26.2 Å². The number of anilines is 1. The van der Waals surface area contributed by atoms with E-state index in [0.717, 1.165) is 16.8 Å². The second-order valence-corrected chi connectivity index (χ2v) is 7.29. The van der Waals surface area contributed by atoms with Gasteiger partial charge in [0.2, 0.25) is 12.6 Å². The summed E-state index contributed by atoms with van der Waals surface area (Å²) >= 11 is 1.44. The Balaban J connectivity index is 1.67. The topological polar surface area (TPSA) is 74.6 Å². The van der Waals surface area contributed by atoms with Gasteiger partial charge in [-0.3, -0.25) is 9.69 Å². The van der Waals surface area contributed by atoms with Crippen molar-refractivity contribution >= 4 is 32.6 Å². The third-order valence-electron chi connectivity index (χ3n) is 4.04. The van der Waals surface area contributed by atoms with E-state index in [4.69, 9.17) is 18.9 Å². The van der Waals surface area contributed by atoms with Crippen LogP contribution < -0.4 is 19.3 Å². The van der Waals surface area contributed by atoms with Crippen molar-refractivity contribution in [2.45, 2.75) is 0 Å². The molecule has 2 aliphatic rings. The van der Waals surface area contributed by atoms with Crippen LogP contribution in [-0.2, 0) is 14.3 Å². The van der Waals surface area contributed by atoms with Crippen LogP contribution in [-0.4, -0.2) is 58.1 Å². The Morgan fingerprint density at radius 1 is 1.23 bits per heavy atom. The molecule has 4 rings (SSSR count). The SMILES string of the molecule is C[NH+](C)CCN(C(=O)C1=COCCO1)c1nc2cc3c(cc2s1)OCO3. The minimum absolute atomic E-state index is 0.207. The second-order valence-electron chi connectivity index (χ2n) is 6.28. The van der Waals surface area contributed by atoms with Crippen LogP contribution in [0.3, 0.4) is 0 Å². The van der Waals surface area contributed by atoms with Gasteiger partial charge in [0, 0.05) is 12.1 Å². The molecule has 2 aliphatic heterocycles. The van der Waals surface area contributed by atoms with Crippen LogP contribution in [0.15, 0.2) is 24.2 Å². The zero-order valence-electron chi connectivity index (χ0n) is 14.6. The predicted molar refractivity (Wildman–Crippen MR) is 95.8 cm³/mol. The molecule has 26 heavy (non-hydrogen) atoms. The number of carbonyl (C=O) groups excluding carboxylic acids is 1. The molecule has 0 bridgehead atoms. The van der Waals surface area contributed by atoms with Gasteiger partial charge >= 0.3 is 0 Å². The lowest BCUT2D eigenvalue weighted by molar-refractivity contribution is -0.856. The molecule has 0 saturated carbocycles. The summed E-state index contributed by atoms with van der Waals surface area (Å²) in [4.78, 5) is 20.5. The lowest BCUT2D eigenvalue weighted by Gasteiger charge is -2.23. The highest BCUT2D eigenvalue weighted by atomic mass is 32.1. The third-order valence-corrected chi connectivity index (χ3v) is 5.08. The molecule has 0 atom stereocenters. The number of rotatable bonds is 5. The van der Waals surface area contributed by atoms with Crippen LogP contribution in [0.5, 0.6) is 11.5 Å². The highest BCUT2D eigenvalue weighted by molar-refractivity contribution is 7.22. The summed E-state index contributed by atoms with van der Waals surface area (Å²) in [6.07, 6.45) is 1.38. The number of hydrogen-bond donors (Lipinski definition) is 1. The highest BCUT2D eigenvalue weighted by Gasteiger charge is 2.27. The molecule has 9 heteroatoms. The molecule has 0 spiro atoms. The van der Waals surface area contributed by atoms with Crippen LogP contribution in [0.1, 0.15) is 0 Å². The maximum atomic E-state index is 12.9. The summed E-state index contributed by atoms with van der Waals surface area (Å²) in [7, 11) is 4.08. The van der Waals surface area contributed by atoms with E-state index in [0.29, 0.717) is 36.4 Å². The van der Waals surface area contributed by atoms with Gasteiger partial charge in [-0.05, 0) is 0 Å². The molecule has 1 N–H and O–H groups in total. The Morgan fingerprint density at radius 2 is 2.04 bits per heavy atom. The van der Waals surface area contributed by atoms with Gasteiger partial charge in [-0.2, -0.15) is 0 Å². The normalized spacial score (nSPS) is 15.6. The molecule has 0 radical (unpaired) electrons. The third kappa shape index (κ3) is 3.27. The fourth-order valence-corrected chi connectivity index (χ4v) is 3.65. The number of likely N-dealkylation sites (N-methyl/N-ethyl adjacent to an activating group) is 1. The molecule has 0 saturated heterocycles. The van der Waals surface area contributed by atoms with E-state index in [1.54, 1.807) is 4.90 Å². The Labute approximate surface area is 154 Å². The number of amides is 1. The largest absolute Gasteiger partial charge is 0.494 e. The molecule has 2 aromatic rings. The molecule has 1 aromatic carbocycles. The van der Waals surface area contributed by atoms with E-state index >= 15 is 0 Å². The van der Waals surface area contributed by atoms with Gasteiger partial charge in [0.15, 0.2) is 16.6 Å². The highest BCUT2D eigenvalue weighted by Crippen LogP contribution is 2.39. The number of ether oxygens (including phenoxy) is 4. The fraction of sp³-hybridized carbons (Fsp3) is 0.412. The summed E-state index contributed by atoms with van der Waals surface area (Å²) in [5, 5.41) is 0.616. The molecule has 1 amide bonds. The summed E-state index contributed by atoms with van der Waals surface area (Å²) in [5.74, 6) is 1.34. The summed E-state index contributed by atoms with van der Waals surface area (Å²) in [6, 6.07) is 3.75. The number of hydrogen-bond acceptors (Lipinski definition) is 7. The monoisotopic (exact) mass is 378 g/mol. The smallest absolute Gasteiger partial charge is 0.298 e. The lowest BCUT2D eigenvalue weighted by atomic mass is 10.3. The van der Waals surface area contributed by atoms with E-state index < -0.39 is 0 Å². The van der Waals surface area contributed by atoms with Crippen LogP contribution in [0, 0.1) is 0 Å². The number of nitrogens with one attached hydrogen (secondary N) is 1. The van der Waals surface area contributed by atoms with Gasteiger partial charge in [0.25, 0.3) is 5.91 Å². The number of fused-ring (bicyclic) bond motifs is 2. The first-order chi connectivity index (χ1) is 12.6. The van der Waals surface area contributed by atoms with Crippen molar-refractivity contribution in [3.05, 3.63) is 24.2 Å². The van der Waals surface area contributed by atoms with Crippen LogP contribution in [0.25, 0.3) is 10.2 Å². The Morgan fingerprint density at radius 3 is 2.77 bits per heavy atom. The minimum atomic E-state index is -0.245. The van der Waals surface area contributed by atoms with E-state index in [9.17, 15) is 4.79 Å². The van der Waals surface area contributed by atoms with E-state index in [2.05, 4.69) is 4.98 Å². The summed E-state index contributed by atoms with van der Waals surface area (Å²) in [6.45, 7) is 2.34. The molecule has 0 aliphatic carbocycles. The van der Waals surface area contributed by atoms with Crippen LogP contribution in [0.2, 0.25) is 0 Å². The van der Waals surface area contributed by atoms with Crippen molar-refractivity contribution in [3.8, 4) is 11.5 Å². The van der Waals surface area contributed by atoms with Crippen molar-refractivity contribution in [2.24, 2.45) is 0 Å². The Bertz CT molecular complexity index is 822. The van der Waals surface area contributed by atoms with Gasteiger partial charge in [-0.25, -0.2) is 4.98 Å². The first-order valence-electron chi connectivity index (χ1n) is 8.37.